The summed E-state index contributed by atoms with van der Waals surface area (Å²) in [6.45, 7) is 0.477. The van der Waals surface area contributed by atoms with Crippen LogP contribution in [0.4, 0.5) is 0 Å². The molecule has 0 aromatic carbocycles. The molecule has 0 fully saturated rings. The van der Waals surface area contributed by atoms with E-state index < -0.39 is 5.97 Å². The molecule has 2 N–H and O–H groups in total. The lowest BCUT2D eigenvalue weighted by atomic mass is 10.2. The SMILES string of the molecule is Cn1cc(CCNC(=O)c2ccc(C(=O)O)nc2)cn1. The molecule has 2 rings (SSSR count). The van der Waals surface area contributed by atoms with E-state index in [2.05, 4.69) is 15.4 Å². The van der Waals surface area contributed by atoms with Crippen LogP contribution in [0.15, 0.2) is 30.7 Å². The van der Waals surface area contributed by atoms with Crippen LogP contribution in [0.3, 0.4) is 0 Å². The predicted octanol–water partition coefficient (Wildman–Crippen LogP) is 0.486. The average Bonchev–Trinajstić information content (AvgIpc) is 2.84. The fraction of sp³-hybridized carbons (Fsp3) is 0.231. The second-order valence-electron chi connectivity index (χ2n) is 4.27. The number of carboxylic acids is 1. The topological polar surface area (TPSA) is 97.1 Å². The maximum atomic E-state index is 11.8. The number of amides is 1. The van der Waals surface area contributed by atoms with Crippen molar-refractivity contribution in [3.05, 3.63) is 47.5 Å². The second-order valence-corrected chi connectivity index (χ2v) is 4.27. The molecule has 0 spiro atoms. The highest BCUT2D eigenvalue weighted by Crippen LogP contribution is 2.01. The first kappa shape index (κ1) is 13.7. The van der Waals surface area contributed by atoms with Crippen molar-refractivity contribution in [3.63, 3.8) is 0 Å². The molecule has 1 amide bonds. The molecular formula is C13H14N4O3. The number of pyridine rings is 1. The summed E-state index contributed by atoms with van der Waals surface area (Å²) in [5, 5.41) is 15.5. The molecule has 0 unspecified atom stereocenters. The van der Waals surface area contributed by atoms with Gasteiger partial charge in [0, 0.05) is 26.0 Å². The molecule has 0 aliphatic rings. The number of carbonyl (C=O) groups excluding carboxylic acids is 1. The Labute approximate surface area is 115 Å². The lowest BCUT2D eigenvalue weighted by Crippen LogP contribution is -2.25. The number of carbonyl (C=O) groups is 2. The first-order valence-corrected chi connectivity index (χ1v) is 6.01. The molecule has 104 valence electrons. The molecular weight excluding hydrogens is 260 g/mol. The number of aromatic nitrogens is 3. The van der Waals surface area contributed by atoms with Gasteiger partial charge in [-0.1, -0.05) is 0 Å². The van der Waals surface area contributed by atoms with Gasteiger partial charge in [0.15, 0.2) is 0 Å². The Hall–Kier alpha value is -2.70. The Kier molecular flexibility index (Phi) is 4.09. The first-order chi connectivity index (χ1) is 9.56. The van der Waals surface area contributed by atoms with Crippen LogP contribution < -0.4 is 5.32 Å². The van der Waals surface area contributed by atoms with Crippen molar-refractivity contribution in [2.24, 2.45) is 7.05 Å². The number of nitrogens with zero attached hydrogens (tertiary/aromatic N) is 3. The minimum absolute atomic E-state index is 0.0862. The highest BCUT2D eigenvalue weighted by molar-refractivity contribution is 5.94. The Morgan fingerprint density at radius 3 is 2.70 bits per heavy atom. The summed E-state index contributed by atoms with van der Waals surface area (Å²) in [4.78, 5) is 26.1. The molecule has 2 heterocycles. The normalized spacial score (nSPS) is 10.2. The number of nitrogens with one attached hydrogen (secondary N) is 1. The highest BCUT2D eigenvalue weighted by Gasteiger charge is 2.08. The number of aryl methyl sites for hydroxylation is 1. The fourth-order valence-corrected chi connectivity index (χ4v) is 1.68. The summed E-state index contributed by atoms with van der Waals surface area (Å²) in [7, 11) is 1.83. The molecule has 0 aliphatic carbocycles. The number of rotatable bonds is 5. The highest BCUT2D eigenvalue weighted by atomic mass is 16.4. The van der Waals surface area contributed by atoms with E-state index in [4.69, 9.17) is 5.11 Å². The minimum Gasteiger partial charge on any atom is -0.477 e. The summed E-state index contributed by atoms with van der Waals surface area (Å²) in [5.41, 5.74) is 1.28. The van der Waals surface area contributed by atoms with Crippen molar-refractivity contribution in [2.45, 2.75) is 6.42 Å². The van der Waals surface area contributed by atoms with E-state index in [0.29, 0.717) is 18.5 Å². The maximum Gasteiger partial charge on any atom is 0.354 e. The molecule has 0 saturated carbocycles. The maximum absolute atomic E-state index is 11.8. The summed E-state index contributed by atoms with van der Waals surface area (Å²) >= 11 is 0. The molecule has 2 aromatic rings. The molecule has 0 saturated heterocycles. The lowest BCUT2D eigenvalue weighted by molar-refractivity contribution is 0.0689. The standard InChI is InChI=1S/C13H14N4O3/c1-17-8-9(6-16-17)4-5-14-12(18)10-2-3-11(13(19)20)15-7-10/h2-3,6-8H,4-5H2,1H3,(H,14,18)(H,19,20). The third-order valence-corrected chi connectivity index (χ3v) is 2.70. The Morgan fingerprint density at radius 2 is 2.15 bits per heavy atom. The van der Waals surface area contributed by atoms with Gasteiger partial charge in [-0.05, 0) is 24.1 Å². The van der Waals surface area contributed by atoms with Crippen LogP contribution in [0, 0.1) is 0 Å². The van der Waals surface area contributed by atoms with Crippen LogP contribution in [0.5, 0.6) is 0 Å². The van der Waals surface area contributed by atoms with Gasteiger partial charge in [-0.15, -0.1) is 0 Å². The van der Waals surface area contributed by atoms with Gasteiger partial charge < -0.3 is 10.4 Å². The molecule has 2 aromatic heterocycles. The first-order valence-electron chi connectivity index (χ1n) is 6.01. The minimum atomic E-state index is -1.12. The van der Waals surface area contributed by atoms with Gasteiger partial charge in [-0.2, -0.15) is 5.10 Å². The summed E-state index contributed by atoms with van der Waals surface area (Å²) in [6, 6.07) is 2.74. The Bertz CT molecular complexity index is 619. The monoisotopic (exact) mass is 274 g/mol. The van der Waals surface area contributed by atoms with E-state index in [1.54, 1.807) is 10.9 Å². The zero-order chi connectivity index (χ0) is 14.5. The summed E-state index contributed by atoms with van der Waals surface area (Å²) in [6.07, 6.45) is 5.56. The molecule has 7 nitrogen and oxygen atoms in total. The van der Waals surface area contributed by atoms with Crippen molar-refractivity contribution in [1.29, 1.82) is 0 Å². The van der Waals surface area contributed by atoms with Crippen LogP contribution in [0.1, 0.15) is 26.4 Å². The molecule has 0 aliphatic heterocycles. The molecule has 20 heavy (non-hydrogen) atoms. The van der Waals surface area contributed by atoms with Gasteiger partial charge in [-0.3, -0.25) is 9.48 Å². The Balaban J connectivity index is 1.86. The van der Waals surface area contributed by atoms with Crippen LogP contribution in [0.25, 0.3) is 0 Å². The number of hydrogen-bond donors (Lipinski definition) is 2. The third kappa shape index (κ3) is 3.41. The van der Waals surface area contributed by atoms with Crippen molar-refractivity contribution in [2.75, 3.05) is 6.54 Å². The number of hydrogen-bond acceptors (Lipinski definition) is 4. The van der Waals surface area contributed by atoms with Crippen molar-refractivity contribution in [3.8, 4) is 0 Å². The van der Waals surface area contributed by atoms with Gasteiger partial charge in [0.2, 0.25) is 0 Å². The van der Waals surface area contributed by atoms with E-state index in [0.717, 1.165) is 5.56 Å². The van der Waals surface area contributed by atoms with Crippen molar-refractivity contribution in [1.82, 2.24) is 20.1 Å². The van der Waals surface area contributed by atoms with E-state index in [-0.39, 0.29) is 11.6 Å². The lowest BCUT2D eigenvalue weighted by Gasteiger charge is -2.04. The quantitative estimate of drug-likeness (QED) is 0.826. The number of carboxylic acid groups (broad SMARTS) is 1. The largest absolute Gasteiger partial charge is 0.477 e. The molecule has 7 heteroatoms. The predicted molar refractivity (Wildman–Crippen MR) is 70.4 cm³/mol. The molecule has 0 bridgehead atoms. The zero-order valence-electron chi connectivity index (χ0n) is 10.9. The zero-order valence-corrected chi connectivity index (χ0v) is 10.9. The average molecular weight is 274 g/mol. The van der Waals surface area contributed by atoms with Gasteiger partial charge in [0.05, 0.1) is 11.8 Å². The smallest absolute Gasteiger partial charge is 0.354 e. The van der Waals surface area contributed by atoms with Crippen molar-refractivity contribution < 1.29 is 14.7 Å². The molecule has 0 atom stereocenters. The van der Waals surface area contributed by atoms with Gasteiger partial charge in [0.25, 0.3) is 5.91 Å². The summed E-state index contributed by atoms with van der Waals surface area (Å²) < 4.78 is 1.70. The Morgan fingerprint density at radius 1 is 1.35 bits per heavy atom. The van der Waals surface area contributed by atoms with E-state index >= 15 is 0 Å². The van der Waals surface area contributed by atoms with Crippen LogP contribution in [0.2, 0.25) is 0 Å². The van der Waals surface area contributed by atoms with E-state index in [1.807, 2.05) is 13.2 Å². The summed E-state index contributed by atoms with van der Waals surface area (Å²) in [5.74, 6) is -1.40. The van der Waals surface area contributed by atoms with Crippen molar-refractivity contribution >= 4 is 11.9 Å². The van der Waals surface area contributed by atoms with Gasteiger partial charge >= 0.3 is 5.97 Å². The fourth-order valence-electron chi connectivity index (χ4n) is 1.68. The molecule has 0 radical (unpaired) electrons. The van der Waals surface area contributed by atoms with Gasteiger partial charge in [0.1, 0.15) is 5.69 Å². The van der Waals surface area contributed by atoms with Crippen LogP contribution in [-0.2, 0) is 13.5 Å². The second kappa shape index (κ2) is 5.96. The van der Waals surface area contributed by atoms with Crippen LogP contribution in [-0.4, -0.2) is 38.3 Å². The van der Waals surface area contributed by atoms with E-state index in [1.165, 1.54) is 18.3 Å². The third-order valence-electron chi connectivity index (χ3n) is 2.70. The van der Waals surface area contributed by atoms with E-state index in [9.17, 15) is 9.59 Å². The van der Waals surface area contributed by atoms with Crippen LogP contribution >= 0.6 is 0 Å². The van der Waals surface area contributed by atoms with Gasteiger partial charge in [-0.25, -0.2) is 9.78 Å². The number of aromatic carboxylic acids is 1.